The van der Waals surface area contributed by atoms with E-state index >= 15 is 0 Å². The van der Waals surface area contributed by atoms with Crippen LogP contribution in [0.4, 0.5) is 0 Å². The molecule has 0 saturated carbocycles. The van der Waals surface area contributed by atoms with Crippen molar-refractivity contribution < 1.29 is 9.90 Å². The zero-order chi connectivity index (χ0) is 13.9. The summed E-state index contributed by atoms with van der Waals surface area (Å²) in [5.41, 5.74) is 2.40. The number of nitrogens with zero attached hydrogens (tertiary/aromatic N) is 4. The van der Waals surface area contributed by atoms with Gasteiger partial charge in [-0.15, -0.1) is 0 Å². The molecule has 20 heavy (non-hydrogen) atoms. The van der Waals surface area contributed by atoms with Crippen molar-refractivity contribution in [3.63, 3.8) is 0 Å². The summed E-state index contributed by atoms with van der Waals surface area (Å²) in [6.45, 7) is 0.545. The SMILES string of the molecule is O=C(NC1CCCc2c1cnn2CCO)c1cn[nH]n1. The van der Waals surface area contributed by atoms with Gasteiger partial charge < -0.3 is 10.4 Å². The maximum Gasteiger partial charge on any atom is 0.273 e. The average Bonchev–Trinajstić information content (AvgIpc) is 3.09. The van der Waals surface area contributed by atoms with Crippen molar-refractivity contribution in [2.75, 3.05) is 6.61 Å². The van der Waals surface area contributed by atoms with Crippen molar-refractivity contribution in [3.05, 3.63) is 29.3 Å². The minimum absolute atomic E-state index is 0.0596. The molecule has 1 unspecified atom stereocenters. The second-order valence-corrected chi connectivity index (χ2v) is 4.77. The molecule has 2 aromatic heterocycles. The third kappa shape index (κ3) is 2.29. The number of fused-ring (bicyclic) bond motifs is 1. The van der Waals surface area contributed by atoms with Gasteiger partial charge in [-0.3, -0.25) is 9.48 Å². The molecule has 3 rings (SSSR count). The number of carbonyl (C=O) groups excluding carboxylic acids is 1. The lowest BCUT2D eigenvalue weighted by molar-refractivity contribution is 0.0927. The molecule has 0 aliphatic heterocycles. The number of aromatic amines is 1. The molecule has 0 bridgehead atoms. The van der Waals surface area contributed by atoms with Gasteiger partial charge in [0.25, 0.3) is 5.91 Å². The van der Waals surface area contributed by atoms with Gasteiger partial charge in [0.15, 0.2) is 5.69 Å². The molecular formula is C12H16N6O2. The van der Waals surface area contributed by atoms with Crippen LogP contribution in [0.5, 0.6) is 0 Å². The summed E-state index contributed by atoms with van der Waals surface area (Å²) in [5.74, 6) is -0.244. The van der Waals surface area contributed by atoms with Crippen molar-refractivity contribution in [1.29, 1.82) is 0 Å². The minimum Gasteiger partial charge on any atom is -0.394 e. The average molecular weight is 276 g/mol. The summed E-state index contributed by atoms with van der Waals surface area (Å²) in [6.07, 6.45) is 5.95. The highest BCUT2D eigenvalue weighted by Gasteiger charge is 2.26. The summed E-state index contributed by atoms with van der Waals surface area (Å²) in [4.78, 5) is 12.0. The molecule has 1 amide bonds. The number of carbonyl (C=O) groups is 1. The number of aliphatic hydroxyl groups excluding tert-OH is 1. The van der Waals surface area contributed by atoms with E-state index in [2.05, 4.69) is 25.8 Å². The maximum atomic E-state index is 12.0. The Morgan fingerprint density at radius 2 is 2.45 bits per heavy atom. The topological polar surface area (TPSA) is 109 Å². The van der Waals surface area contributed by atoms with Crippen molar-refractivity contribution in [1.82, 2.24) is 30.5 Å². The fourth-order valence-corrected chi connectivity index (χ4v) is 2.60. The maximum absolute atomic E-state index is 12.0. The second kappa shape index (κ2) is 5.41. The Labute approximate surface area is 115 Å². The molecule has 2 aromatic rings. The largest absolute Gasteiger partial charge is 0.394 e. The standard InChI is InChI=1S/C12H16N6O2/c19-5-4-18-11-3-1-2-9(8(11)6-14-18)15-12(20)10-7-13-17-16-10/h6-7,9,19H,1-5H2,(H,15,20)(H,13,16,17). The van der Waals surface area contributed by atoms with E-state index in [1.54, 1.807) is 6.20 Å². The van der Waals surface area contributed by atoms with E-state index in [1.165, 1.54) is 6.20 Å². The first-order valence-electron chi connectivity index (χ1n) is 6.61. The Kier molecular flexibility index (Phi) is 3.46. The first-order valence-corrected chi connectivity index (χ1v) is 6.61. The highest BCUT2D eigenvalue weighted by Crippen LogP contribution is 2.29. The Morgan fingerprint density at radius 1 is 1.55 bits per heavy atom. The molecule has 2 heterocycles. The molecular weight excluding hydrogens is 260 g/mol. The summed E-state index contributed by atoms with van der Waals surface area (Å²) in [7, 11) is 0. The van der Waals surface area contributed by atoms with Crippen LogP contribution in [-0.2, 0) is 13.0 Å². The number of amides is 1. The smallest absolute Gasteiger partial charge is 0.273 e. The fraction of sp³-hybridized carbons (Fsp3) is 0.500. The Hall–Kier alpha value is -2.22. The number of rotatable bonds is 4. The molecule has 8 heteroatoms. The summed E-state index contributed by atoms with van der Waals surface area (Å²) in [5, 5.41) is 26.1. The number of hydrogen-bond donors (Lipinski definition) is 3. The summed E-state index contributed by atoms with van der Waals surface area (Å²) >= 11 is 0. The van der Waals surface area contributed by atoms with Crippen LogP contribution in [0.2, 0.25) is 0 Å². The van der Waals surface area contributed by atoms with Crippen LogP contribution >= 0.6 is 0 Å². The van der Waals surface area contributed by atoms with Crippen LogP contribution in [0.1, 0.15) is 40.6 Å². The van der Waals surface area contributed by atoms with Crippen LogP contribution in [0.15, 0.2) is 12.4 Å². The van der Waals surface area contributed by atoms with Gasteiger partial charge in [-0.05, 0) is 19.3 Å². The van der Waals surface area contributed by atoms with Crippen LogP contribution < -0.4 is 5.32 Å². The predicted molar refractivity (Wildman–Crippen MR) is 68.8 cm³/mol. The number of nitrogens with one attached hydrogen (secondary N) is 2. The van der Waals surface area contributed by atoms with Gasteiger partial charge in [0.05, 0.1) is 31.6 Å². The first kappa shape index (κ1) is 12.8. The lowest BCUT2D eigenvalue weighted by atomic mass is 9.93. The first-order chi connectivity index (χ1) is 9.79. The molecule has 0 spiro atoms. The molecule has 3 N–H and O–H groups in total. The zero-order valence-electron chi connectivity index (χ0n) is 10.9. The van der Waals surface area contributed by atoms with Crippen molar-refractivity contribution in [3.8, 4) is 0 Å². The van der Waals surface area contributed by atoms with Gasteiger partial charge in [-0.1, -0.05) is 0 Å². The molecule has 8 nitrogen and oxygen atoms in total. The molecule has 1 aliphatic rings. The monoisotopic (exact) mass is 276 g/mol. The van der Waals surface area contributed by atoms with E-state index in [-0.39, 0.29) is 24.2 Å². The lowest BCUT2D eigenvalue weighted by Crippen LogP contribution is -2.31. The van der Waals surface area contributed by atoms with Crippen LogP contribution in [-0.4, -0.2) is 42.8 Å². The number of aliphatic hydroxyl groups is 1. The van der Waals surface area contributed by atoms with Gasteiger partial charge in [-0.25, -0.2) is 0 Å². The number of hydrogen-bond acceptors (Lipinski definition) is 5. The molecule has 0 aromatic carbocycles. The van der Waals surface area contributed by atoms with Gasteiger partial charge in [0, 0.05) is 11.3 Å². The zero-order valence-corrected chi connectivity index (χ0v) is 10.9. The van der Waals surface area contributed by atoms with E-state index in [0.717, 1.165) is 30.5 Å². The van der Waals surface area contributed by atoms with Crippen molar-refractivity contribution >= 4 is 5.91 Å². The molecule has 1 aliphatic carbocycles. The third-order valence-corrected chi connectivity index (χ3v) is 3.53. The van der Waals surface area contributed by atoms with E-state index in [4.69, 9.17) is 5.11 Å². The molecule has 0 fully saturated rings. The van der Waals surface area contributed by atoms with Gasteiger partial charge in [0.1, 0.15) is 0 Å². The van der Waals surface area contributed by atoms with Gasteiger partial charge in [-0.2, -0.15) is 20.5 Å². The highest BCUT2D eigenvalue weighted by molar-refractivity contribution is 5.92. The van der Waals surface area contributed by atoms with E-state index in [9.17, 15) is 4.79 Å². The number of aromatic nitrogens is 5. The van der Waals surface area contributed by atoms with Crippen LogP contribution in [0.3, 0.4) is 0 Å². The third-order valence-electron chi connectivity index (χ3n) is 3.53. The normalized spacial score (nSPS) is 17.8. The fourth-order valence-electron chi connectivity index (χ4n) is 2.60. The van der Waals surface area contributed by atoms with E-state index in [0.29, 0.717) is 6.54 Å². The van der Waals surface area contributed by atoms with E-state index < -0.39 is 0 Å². The predicted octanol–water partition coefficient (Wildman–Crippen LogP) is -0.199. The molecule has 106 valence electrons. The quantitative estimate of drug-likeness (QED) is 0.716. The van der Waals surface area contributed by atoms with Gasteiger partial charge >= 0.3 is 0 Å². The molecule has 1 atom stereocenters. The lowest BCUT2D eigenvalue weighted by Gasteiger charge is -2.23. The Morgan fingerprint density at radius 3 is 3.20 bits per heavy atom. The summed E-state index contributed by atoms with van der Waals surface area (Å²) in [6, 6.07) is -0.0598. The van der Waals surface area contributed by atoms with Crippen LogP contribution in [0.25, 0.3) is 0 Å². The number of H-pyrrole nitrogens is 1. The van der Waals surface area contributed by atoms with Crippen LogP contribution in [0, 0.1) is 0 Å². The van der Waals surface area contributed by atoms with Gasteiger partial charge in [0.2, 0.25) is 0 Å². The van der Waals surface area contributed by atoms with Crippen molar-refractivity contribution in [2.45, 2.75) is 31.8 Å². The second-order valence-electron chi connectivity index (χ2n) is 4.77. The minimum atomic E-state index is -0.244. The summed E-state index contributed by atoms with van der Waals surface area (Å²) < 4.78 is 1.81. The Balaban J connectivity index is 1.78. The Bertz CT molecular complexity index is 591. The molecule has 0 saturated heterocycles. The van der Waals surface area contributed by atoms with E-state index in [1.807, 2.05) is 4.68 Å². The van der Waals surface area contributed by atoms with Crippen molar-refractivity contribution in [2.24, 2.45) is 0 Å². The highest BCUT2D eigenvalue weighted by atomic mass is 16.3. The molecule has 0 radical (unpaired) electrons.